The van der Waals surface area contributed by atoms with Gasteiger partial charge in [0, 0.05) is 5.02 Å². The molecule has 1 N–H and O–H groups in total. The highest BCUT2D eigenvalue weighted by atomic mass is 35.5. The summed E-state index contributed by atoms with van der Waals surface area (Å²) in [6, 6.07) is 4.05. The lowest BCUT2D eigenvalue weighted by Crippen LogP contribution is -2.22. The Labute approximate surface area is 128 Å². The van der Waals surface area contributed by atoms with Gasteiger partial charge in [0.05, 0.1) is 6.10 Å². The van der Waals surface area contributed by atoms with Crippen molar-refractivity contribution in [3.05, 3.63) is 28.3 Å². The van der Waals surface area contributed by atoms with Crippen LogP contribution in [-0.4, -0.2) is 19.7 Å². The molecule has 0 aromatic heterocycles. The van der Waals surface area contributed by atoms with E-state index in [-0.39, 0.29) is 18.5 Å². The van der Waals surface area contributed by atoms with Crippen LogP contribution in [-0.2, 0) is 0 Å². The van der Waals surface area contributed by atoms with Crippen molar-refractivity contribution in [2.75, 3.05) is 13.6 Å². The van der Waals surface area contributed by atoms with Crippen molar-refractivity contribution in [1.29, 1.82) is 0 Å². The number of benzene rings is 1. The molecule has 0 aliphatic heterocycles. The lowest BCUT2D eigenvalue weighted by Gasteiger charge is -2.19. The molecule has 0 aliphatic rings. The van der Waals surface area contributed by atoms with Gasteiger partial charge >= 0.3 is 0 Å². The van der Waals surface area contributed by atoms with Gasteiger partial charge in [0.1, 0.15) is 5.75 Å². The minimum absolute atomic E-state index is 0. The minimum Gasteiger partial charge on any atom is -0.490 e. The fourth-order valence-electron chi connectivity index (χ4n) is 2.06. The molecule has 4 heteroatoms. The highest BCUT2D eigenvalue weighted by molar-refractivity contribution is 6.32. The molecule has 0 saturated carbocycles. The molecule has 0 unspecified atom stereocenters. The lowest BCUT2D eigenvalue weighted by atomic mass is 10.1. The summed E-state index contributed by atoms with van der Waals surface area (Å²) in [6.07, 6.45) is 3.54. The van der Waals surface area contributed by atoms with E-state index in [0.29, 0.717) is 0 Å². The standard InChI is InChI=1S/C15H24ClNO.ClH/c1-5-6-13(7-8-17-4)18-14-9-11(2)15(16)12(3)10-14;/h9-10,13,17H,5-8H2,1-4H3;1H/t13-;/m1./s1. The maximum atomic E-state index is 6.17. The van der Waals surface area contributed by atoms with Crippen LogP contribution >= 0.6 is 24.0 Å². The number of hydrogen-bond donors (Lipinski definition) is 1. The number of aryl methyl sites for hydroxylation is 2. The summed E-state index contributed by atoms with van der Waals surface area (Å²) < 4.78 is 6.07. The van der Waals surface area contributed by atoms with Gasteiger partial charge < -0.3 is 10.1 Å². The molecule has 1 aromatic rings. The van der Waals surface area contributed by atoms with Gasteiger partial charge in [-0.05, 0) is 63.5 Å². The van der Waals surface area contributed by atoms with Crippen molar-refractivity contribution >= 4 is 24.0 Å². The van der Waals surface area contributed by atoms with E-state index in [1.54, 1.807) is 0 Å². The van der Waals surface area contributed by atoms with E-state index in [4.69, 9.17) is 16.3 Å². The molecule has 0 heterocycles. The molecule has 0 fully saturated rings. The SMILES string of the molecule is CCC[C@H](CCNC)Oc1cc(C)c(Cl)c(C)c1.Cl. The highest BCUT2D eigenvalue weighted by Crippen LogP contribution is 2.27. The van der Waals surface area contributed by atoms with Crippen LogP contribution in [0.2, 0.25) is 5.02 Å². The first-order valence-electron chi connectivity index (χ1n) is 6.66. The van der Waals surface area contributed by atoms with Crippen molar-refractivity contribution in [3.8, 4) is 5.75 Å². The van der Waals surface area contributed by atoms with Crippen LogP contribution in [0.4, 0.5) is 0 Å². The molecule has 2 nitrogen and oxygen atoms in total. The zero-order chi connectivity index (χ0) is 13.5. The van der Waals surface area contributed by atoms with E-state index < -0.39 is 0 Å². The van der Waals surface area contributed by atoms with Gasteiger partial charge in [-0.15, -0.1) is 12.4 Å². The molecule has 0 bridgehead atoms. The second-order valence-corrected chi connectivity index (χ2v) is 5.17. The molecule has 1 aromatic carbocycles. The Morgan fingerprint density at radius 3 is 2.26 bits per heavy atom. The number of rotatable bonds is 7. The fourth-order valence-corrected chi connectivity index (χ4v) is 2.17. The summed E-state index contributed by atoms with van der Waals surface area (Å²) in [5, 5.41) is 4.01. The van der Waals surface area contributed by atoms with Crippen LogP contribution in [0.1, 0.15) is 37.3 Å². The molecule has 1 atom stereocenters. The Morgan fingerprint density at radius 2 is 1.79 bits per heavy atom. The van der Waals surface area contributed by atoms with E-state index in [9.17, 15) is 0 Å². The molecule has 0 saturated heterocycles. The Bertz CT molecular complexity index is 359. The maximum absolute atomic E-state index is 6.17. The van der Waals surface area contributed by atoms with Gasteiger partial charge in [0.25, 0.3) is 0 Å². The smallest absolute Gasteiger partial charge is 0.120 e. The number of hydrogen-bond acceptors (Lipinski definition) is 2. The third-order valence-corrected chi connectivity index (χ3v) is 3.64. The fraction of sp³-hybridized carbons (Fsp3) is 0.600. The van der Waals surface area contributed by atoms with Crippen LogP contribution in [0.15, 0.2) is 12.1 Å². The van der Waals surface area contributed by atoms with Gasteiger partial charge in [-0.1, -0.05) is 24.9 Å². The summed E-state index contributed by atoms with van der Waals surface area (Å²) in [6.45, 7) is 7.21. The zero-order valence-electron chi connectivity index (χ0n) is 12.3. The average molecular weight is 306 g/mol. The van der Waals surface area contributed by atoms with Gasteiger partial charge in [0.2, 0.25) is 0 Å². The molecule has 0 amide bonds. The molecular weight excluding hydrogens is 281 g/mol. The van der Waals surface area contributed by atoms with E-state index in [2.05, 4.69) is 12.2 Å². The normalized spacial score (nSPS) is 11.8. The Hall–Kier alpha value is -0.440. The van der Waals surface area contributed by atoms with Crippen LogP contribution in [0.5, 0.6) is 5.75 Å². The number of ether oxygens (including phenoxy) is 1. The predicted octanol–water partition coefficient (Wildman–Crippen LogP) is 4.54. The van der Waals surface area contributed by atoms with Crippen LogP contribution < -0.4 is 10.1 Å². The Kier molecular flexibility index (Phi) is 9.24. The third-order valence-electron chi connectivity index (χ3n) is 3.04. The quantitative estimate of drug-likeness (QED) is 0.799. The molecular formula is C15H25Cl2NO. The van der Waals surface area contributed by atoms with Crippen molar-refractivity contribution < 1.29 is 4.74 Å². The molecule has 19 heavy (non-hydrogen) atoms. The largest absolute Gasteiger partial charge is 0.490 e. The highest BCUT2D eigenvalue weighted by Gasteiger charge is 2.11. The summed E-state index contributed by atoms with van der Waals surface area (Å²) in [7, 11) is 1.97. The Morgan fingerprint density at radius 1 is 1.21 bits per heavy atom. The summed E-state index contributed by atoms with van der Waals surface area (Å²) in [5.74, 6) is 0.934. The monoisotopic (exact) mass is 305 g/mol. The summed E-state index contributed by atoms with van der Waals surface area (Å²) >= 11 is 6.17. The van der Waals surface area contributed by atoms with Crippen molar-refractivity contribution in [3.63, 3.8) is 0 Å². The van der Waals surface area contributed by atoms with Crippen molar-refractivity contribution in [1.82, 2.24) is 5.32 Å². The summed E-state index contributed by atoms with van der Waals surface area (Å²) in [5.41, 5.74) is 2.16. The second kappa shape index (κ2) is 9.46. The molecule has 110 valence electrons. The van der Waals surface area contributed by atoms with Crippen LogP contribution in [0.25, 0.3) is 0 Å². The van der Waals surface area contributed by atoms with E-state index >= 15 is 0 Å². The van der Waals surface area contributed by atoms with Gasteiger partial charge in [-0.3, -0.25) is 0 Å². The zero-order valence-corrected chi connectivity index (χ0v) is 13.8. The van der Waals surface area contributed by atoms with Crippen molar-refractivity contribution in [2.45, 2.75) is 46.1 Å². The molecule has 1 rings (SSSR count). The van der Waals surface area contributed by atoms with Gasteiger partial charge in [-0.25, -0.2) is 0 Å². The van der Waals surface area contributed by atoms with Gasteiger partial charge in [0.15, 0.2) is 0 Å². The topological polar surface area (TPSA) is 21.3 Å². The van der Waals surface area contributed by atoms with Crippen LogP contribution in [0.3, 0.4) is 0 Å². The van der Waals surface area contributed by atoms with E-state index in [0.717, 1.165) is 47.7 Å². The first-order valence-corrected chi connectivity index (χ1v) is 7.04. The van der Waals surface area contributed by atoms with Crippen molar-refractivity contribution in [2.24, 2.45) is 0 Å². The first kappa shape index (κ1) is 18.6. The lowest BCUT2D eigenvalue weighted by molar-refractivity contribution is 0.180. The van der Waals surface area contributed by atoms with Crippen LogP contribution in [0, 0.1) is 13.8 Å². The Balaban J connectivity index is 0.00000324. The predicted molar refractivity (Wildman–Crippen MR) is 86.0 cm³/mol. The second-order valence-electron chi connectivity index (χ2n) is 4.79. The van der Waals surface area contributed by atoms with E-state index in [1.807, 2.05) is 33.0 Å². The third kappa shape index (κ3) is 6.03. The molecule has 0 aliphatic carbocycles. The number of nitrogens with one attached hydrogen (secondary N) is 1. The maximum Gasteiger partial charge on any atom is 0.120 e. The van der Waals surface area contributed by atoms with E-state index in [1.165, 1.54) is 0 Å². The summed E-state index contributed by atoms with van der Waals surface area (Å²) in [4.78, 5) is 0. The minimum atomic E-state index is 0. The number of halogens is 2. The first-order chi connectivity index (χ1) is 8.58. The molecule has 0 radical (unpaired) electrons. The van der Waals surface area contributed by atoms with Gasteiger partial charge in [-0.2, -0.15) is 0 Å². The average Bonchev–Trinajstić information content (AvgIpc) is 2.33. The molecule has 0 spiro atoms.